The fraction of sp³-hybridized carbons (Fsp3) is 0.250. The molecule has 0 aliphatic heterocycles. The number of hydrogen-bond donors (Lipinski definition) is 1. The number of halogens is 2. The van der Waals surface area contributed by atoms with Gasteiger partial charge in [0.05, 0.1) is 11.5 Å². The Labute approximate surface area is 168 Å². The van der Waals surface area contributed by atoms with Gasteiger partial charge in [0.25, 0.3) is 0 Å². The number of thiazole rings is 1. The van der Waals surface area contributed by atoms with Crippen LogP contribution in [0, 0.1) is 0 Å². The lowest BCUT2D eigenvalue weighted by atomic mass is 10.1. The van der Waals surface area contributed by atoms with Crippen LogP contribution in [0.15, 0.2) is 48.7 Å². The highest BCUT2D eigenvalue weighted by Gasteiger charge is 2.09. The average Bonchev–Trinajstić information content (AvgIpc) is 3.10. The van der Waals surface area contributed by atoms with E-state index in [1.807, 2.05) is 43.5 Å². The van der Waals surface area contributed by atoms with Gasteiger partial charge in [-0.1, -0.05) is 41.4 Å². The van der Waals surface area contributed by atoms with E-state index in [-0.39, 0.29) is 0 Å². The Kier molecular flexibility index (Phi) is 6.92. The number of rotatable bonds is 8. The lowest BCUT2D eigenvalue weighted by Crippen LogP contribution is -2.16. The molecule has 0 spiro atoms. The van der Waals surface area contributed by atoms with Crippen LogP contribution in [0.3, 0.4) is 0 Å². The van der Waals surface area contributed by atoms with Crippen LogP contribution < -0.4 is 10.1 Å². The fourth-order valence-corrected chi connectivity index (χ4v) is 4.03. The van der Waals surface area contributed by atoms with Gasteiger partial charge in [0.15, 0.2) is 0 Å². The minimum absolute atomic E-state index is 0.650. The van der Waals surface area contributed by atoms with Crippen molar-refractivity contribution in [1.29, 1.82) is 0 Å². The van der Waals surface area contributed by atoms with E-state index in [2.05, 4.69) is 16.4 Å². The molecule has 0 bridgehead atoms. The third-order valence-corrected chi connectivity index (χ3v) is 5.49. The van der Waals surface area contributed by atoms with Gasteiger partial charge < -0.3 is 10.1 Å². The van der Waals surface area contributed by atoms with Gasteiger partial charge in [-0.05, 0) is 49.7 Å². The van der Waals surface area contributed by atoms with Gasteiger partial charge >= 0.3 is 0 Å². The largest absolute Gasteiger partial charge is 0.493 e. The highest BCUT2D eigenvalue weighted by molar-refractivity contribution is 7.15. The zero-order chi connectivity index (χ0) is 18.4. The van der Waals surface area contributed by atoms with E-state index in [1.54, 1.807) is 17.4 Å². The van der Waals surface area contributed by atoms with Gasteiger partial charge in [-0.25, -0.2) is 4.98 Å². The first-order valence-electron chi connectivity index (χ1n) is 8.49. The molecule has 0 atom stereocenters. The average molecular weight is 407 g/mol. The molecule has 1 aromatic heterocycles. The molecule has 6 heteroatoms. The summed E-state index contributed by atoms with van der Waals surface area (Å²) in [5.41, 5.74) is 2.18. The smallest absolute Gasteiger partial charge is 0.127 e. The molecule has 0 saturated heterocycles. The molecule has 0 aliphatic rings. The van der Waals surface area contributed by atoms with Crippen molar-refractivity contribution in [3.05, 3.63) is 69.3 Å². The first-order chi connectivity index (χ1) is 12.7. The maximum Gasteiger partial charge on any atom is 0.127 e. The lowest BCUT2D eigenvalue weighted by Gasteiger charge is -2.07. The van der Waals surface area contributed by atoms with Crippen LogP contribution >= 0.6 is 34.5 Å². The molecule has 0 unspecified atom stereocenters. The zero-order valence-corrected chi connectivity index (χ0v) is 16.8. The number of ether oxygens (including phenoxy) is 1. The van der Waals surface area contributed by atoms with E-state index in [1.165, 1.54) is 0 Å². The summed E-state index contributed by atoms with van der Waals surface area (Å²) in [5.74, 6) is 0.899. The van der Waals surface area contributed by atoms with Crippen LogP contribution in [0.5, 0.6) is 5.75 Å². The van der Waals surface area contributed by atoms with Crippen LogP contribution in [-0.2, 0) is 13.0 Å². The van der Waals surface area contributed by atoms with E-state index >= 15 is 0 Å². The zero-order valence-electron chi connectivity index (χ0n) is 14.5. The number of hydrogen-bond acceptors (Lipinski definition) is 4. The molecule has 0 fully saturated rings. The fourth-order valence-electron chi connectivity index (χ4n) is 2.61. The Balaban J connectivity index is 1.56. The first kappa shape index (κ1) is 19.2. The number of nitrogens with zero attached hydrogens (tertiary/aromatic N) is 1. The van der Waals surface area contributed by atoms with Crippen LogP contribution in [0.4, 0.5) is 0 Å². The van der Waals surface area contributed by atoms with Crippen LogP contribution in [0.1, 0.15) is 17.5 Å². The summed E-state index contributed by atoms with van der Waals surface area (Å²) in [5, 5.41) is 5.84. The molecule has 0 amide bonds. The molecule has 2 aromatic carbocycles. The van der Waals surface area contributed by atoms with Gasteiger partial charge in [0, 0.05) is 28.4 Å². The molecule has 3 nitrogen and oxygen atoms in total. The van der Waals surface area contributed by atoms with E-state index in [9.17, 15) is 0 Å². The van der Waals surface area contributed by atoms with Crippen molar-refractivity contribution < 1.29 is 4.74 Å². The summed E-state index contributed by atoms with van der Waals surface area (Å²) in [6.07, 6.45) is 2.76. The Morgan fingerprint density at radius 1 is 1.15 bits per heavy atom. The monoisotopic (exact) mass is 406 g/mol. The second-order valence-electron chi connectivity index (χ2n) is 5.71. The minimum atomic E-state index is 0.650. The molecule has 3 rings (SSSR count). The van der Waals surface area contributed by atoms with E-state index < -0.39 is 0 Å². The topological polar surface area (TPSA) is 34.1 Å². The second-order valence-corrected chi connectivity index (χ2v) is 7.67. The number of benzene rings is 2. The molecule has 0 aliphatic carbocycles. The van der Waals surface area contributed by atoms with E-state index in [0.717, 1.165) is 46.3 Å². The normalized spacial score (nSPS) is 10.9. The molecule has 1 N–H and O–H groups in total. The summed E-state index contributed by atoms with van der Waals surface area (Å²) in [6.45, 7) is 4.20. The summed E-state index contributed by atoms with van der Waals surface area (Å²) in [6, 6.07) is 13.7. The van der Waals surface area contributed by atoms with Crippen molar-refractivity contribution in [3.63, 3.8) is 0 Å². The highest BCUT2D eigenvalue weighted by atomic mass is 35.5. The van der Waals surface area contributed by atoms with Gasteiger partial charge in [-0.2, -0.15) is 0 Å². The maximum atomic E-state index is 6.20. The summed E-state index contributed by atoms with van der Waals surface area (Å²) in [4.78, 5) is 5.64. The van der Waals surface area contributed by atoms with Crippen molar-refractivity contribution in [1.82, 2.24) is 10.3 Å². The lowest BCUT2D eigenvalue weighted by molar-refractivity contribution is 0.341. The number of nitrogens with one attached hydrogen (secondary N) is 1. The molecular formula is C20H20Cl2N2OS. The SMILES string of the molecule is CCOc1ccccc1-c1cnc(CNCCc2ccc(Cl)cc2Cl)s1. The molecule has 136 valence electrons. The Bertz CT molecular complexity index is 867. The Hall–Kier alpha value is -1.59. The molecule has 3 aromatic rings. The number of aromatic nitrogens is 1. The minimum Gasteiger partial charge on any atom is -0.493 e. The Morgan fingerprint density at radius 3 is 2.81 bits per heavy atom. The van der Waals surface area contributed by atoms with Crippen LogP contribution in [-0.4, -0.2) is 18.1 Å². The standard InChI is InChI=1S/C20H20Cl2N2OS/c1-2-25-18-6-4-3-5-16(18)19-12-24-20(26-19)13-23-10-9-14-7-8-15(21)11-17(14)22/h3-8,11-12,23H,2,9-10,13H2,1H3. The van der Waals surface area contributed by atoms with Crippen LogP contribution in [0.25, 0.3) is 10.4 Å². The van der Waals surface area contributed by atoms with Crippen molar-refractivity contribution in [2.24, 2.45) is 0 Å². The molecule has 26 heavy (non-hydrogen) atoms. The van der Waals surface area contributed by atoms with Gasteiger partial charge in [0.1, 0.15) is 10.8 Å². The Morgan fingerprint density at radius 2 is 2.00 bits per heavy atom. The van der Waals surface area contributed by atoms with Crippen molar-refractivity contribution in [2.45, 2.75) is 19.9 Å². The third-order valence-electron chi connectivity index (χ3n) is 3.87. The summed E-state index contributed by atoms with van der Waals surface area (Å²) >= 11 is 13.8. The predicted octanol–water partition coefficient (Wildman–Crippen LogP) is 5.85. The second kappa shape index (κ2) is 9.38. The summed E-state index contributed by atoms with van der Waals surface area (Å²) < 4.78 is 5.71. The molecule has 0 saturated carbocycles. The van der Waals surface area contributed by atoms with Crippen molar-refractivity contribution in [3.8, 4) is 16.2 Å². The van der Waals surface area contributed by atoms with Crippen LogP contribution in [0.2, 0.25) is 10.0 Å². The summed E-state index contributed by atoms with van der Waals surface area (Å²) in [7, 11) is 0. The molecular weight excluding hydrogens is 387 g/mol. The van der Waals surface area contributed by atoms with Gasteiger partial charge in [0.2, 0.25) is 0 Å². The van der Waals surface area contributed by atoms with E-state index in [0.29, 0.717) is 16.7 Å². The van der Waals surface area contributed by atoms with E-state index in [4.69, 9.17) is 27.9 Å². The highest BCUT2D eigenvalue weighted by Crippen LogP contribution is 2.33. The first-order valence-corrected chi connectivity index (χ1v) is 10.1. The predicted molar refractivity (Wildman–Crippen MR) is 111 cm³/mol. The van der Waals surface area contributed by atoms with Gasteiger partial charge in [-0.15, -0.1) is 11.3 Å². The quantitative estimate of drug-likeness (QED) is 0.476. The molecule has 1 heterocycles. The third kappa shape index (κ3) is 4.98. The number of para-hydroxylation sites is 1. The van der Waals surface area contributed by atoms with Gasteiger partial charge in [-0.3, -0.25) is 0 Å². The maximum absolute atomic E-state index is 6.20. The van der Waals surface area contributed by atoms with Crippen molar-refractivity contribution >= 4 is 34.5 Å². The molecule has 0 radical (unpaired) electrons. The van der Waals surface area contributed by atoms with Crippen molar-refractivity contribution in [2.75, 3.05) is 13.2 Å².